The molecule has 0 aliphatic heterocycles. The fourth-order valence-electron chi connectivity index (χ4n) is 1.22. The van der Waals surface area contributed by atoms with E-state index in [0.717, 1.165) is 12.0 Å². The summed E-state index contributed by atoms with van der Waals surface area (Å²) in [6, 6.07) is 1.87. The van der Waals surface area contributed by atoms with Gasteiger partial charge < -0.3 is 8.83 Å². The number of alkyl halides is 1. The summed E-state index contributed by atoms with van der Waals surface area (Å²) in [5.74, 6) is 1.67. The van der Waals surface area contributed by atoms with Crippen molar-refractivity contribution in [1.82, 2.24) is 10.2 Å². The van der Waals surface area contributed by atoms with Crippen LogP contribution in [0.4, 0.5) is 0 Å². The molecule has 0 amide bonds. The first-order valence-corrected chi connectivity index (χ1v) is 5.66. The maximum atomic E-state index is 5.50. The van der Waals surface area contributed by atoms with E-state index in [9.17, 15) is 0 Å². The Balaban J connectivity index is 2.32. The van der Waals surface area contributed by atoms with Crippen LogP contribution in [0.15, 0.2) is 21.2 Å². The van der Waals surface area contributed by atoms with E-state index < -0.39 is 0 Å². The Morgan fingerprint density at radius 1 is 1.47 bits per heavy atom. The average Bonchev–Trinajstić information content (AvgIpc) is 2.84. The summed E-state index contributed by atoms with van der Waals surface area (Å²) in [6.07, 6.45) is 2.51. The van der Waals surface area contributed by atoms with Crippen LogP contribution in [0.5, 0.6) is 0 Å². The molecule has 0 saturated carbocycles. The van der Waals surface area contributed by atoms with Crippen LogP contribution >= 0.6 is 15.9 Å². The van der Waals surface area contributed by atoms with E-state index in [1.807, 2.05) is 19.9 Å². The highest BCUT2D eigenvalue weighted by molar-refractivity contribution is 9.09. The number of furan rings is 1. The van der Waals surface area contributed by atoms with Gasteiger partial charge in [0.2, 0.25) is 5.89 Å². The van der Waals surface area contributed by atoms with Crippen molar-refractivity contribution in [3.63, 3.8) is 0 Å². The van der Waals surface area contributed by atoms with Gasteiger partial charge in [0.05, 0.1) is 11.1 Å². The van der Waals surface area contributed by atoms with Crippen molar-refractivity contribution >= 4 is 15.9 Å². The second kappa shape index (κ2) is 4.18. The summed E-state index contributed by atoms with van der Waals surface area (Å²) < 4.78 is 10.8. The van der Waals surface area contributed by atoms with Gasteiger partial charge in [0, 0.05) is 5.56 Å². The Labute approximate surface area is 95.8 Å². The lowest BCUT2D eigenvalue weighted by Gasteiger charge is -1.97. The number of aromatic nitrogens is 2. The topological polar surface area (TPSA) is 52.1 Å². The van der Waals surface area contributed by atoms with Crippen LogP contribution in [0, 0.1) is 6.92 Å². The molecular weight excluding hydrogens is 260 g/mol. The third-order valence-electron chi connectivity index (χ3n) is 2.12. The molecule has 4 nitrogen and oxygen atoms in total. The van der Waals surface area contributed by atoms with Crippen molar-refractivity contribution in [1.29, 1.82) is 0 Å². The predicted octanol–water partition coefficient (Wildman–Crippen LogP) is 3.48. The van der Waals surface area contributed by atoms with E-state index in [0.29, 0.717) is 17.5 Å². The quantitative estimate of drug-likeness (QED) is 0.802. The van der Waals surface area contributed by atoms with E-state index in [-0.39, 0.29) is 4.83 Å². The number of hydrogen-bond acceptors (Lipinski definition) is 4. The van der Waals surface area contributed by atoms with Gasteiger partial charge in [0.15, 0.2) is 5.76 Å². The van der Waals surface area contributed by atoms with E-state index in [4.69, 9.17) is 8.83 Å². The Bertz CT molecular complexity index is 450. The van der Waals surface area contributed by atoms with Crippen LogP contribution in [0.2, 0.25) is 0 Å². The maximum Gasteiger partial charge on any atom is 0.283 e. The van der Waals surface area contributed by atoms with E-state index in [1.165, 1.54) is 0 Å². The summed E-state index contributed by atoms with van der Waals surface area (Å²) >= 11 is 3.45. The standard InChI is InChI=1S/C10H11BrN2O2/c1-3-7(11)9-12-13-10(15-9)8-6(2)4-5-14-8/h4-5,7H,3H2,1-2H3. The zero-order valence-electron chi connectivity index (χ0n) is 8.53. The molecule has 0 saturated heterocycles. The minimum atomic E-state index is 0.106. The molecule has 0 N–H and O–H groups in total. The summed E-state index contributed by atoms with van der Waals surface area (Å²) in [7, 11) is 0. The first kappa shape index (κ1) is 10.4. The van der Waals surface area contributed by atoms with Gasteiger partial charge in [-0.15, -0.1) is 10.2 Å². The van der Waals surface area contributed by atoms with Gasteiger partial charge in [0.1, 0.15) is 0 Å². The van der Waals surface area contributed by atoms with Crippen LogP contribution in [-0.4, -0.2) is 10.2 Å². The third kappa shape index (κ3) is 1.97. The van der Waals surface area contributed by atoms with Crippen LogP contribution in [-0.2, 0) is 0 Å². The molecular formula is C10H11BrN2O2. The molecule has 1 unspecified atom stereocenters. The lowest BCUT2D eigenvalue weighted by molar-refractivity contribution is 0.475. The van der Waals surface area contributed by atoms with Gasteiger partial charge in [0.25, 0.3) is 5.89 Å². The van der Waals surface area contributed by atoms with Crippen LogP contribution < -0.4 is 0 Å². The number of nitrogens with zero attached hydrogens (tertiary/aromatic N) is 2. The Morgan fingerprint density at radius 3 is 2.87 bits per heavy atom. The number of aryl methyl sites for hydroxylation is 1. The van der Waals surface area contributed by atoms with E-state index in [1.54, 1.807) is 6.26 Å². The molecule has 0 fully saturated rings. The van der Waals surface area contributed by atoms with Gasteiger partial charge in [-0.2, -0.15) is 0 Å². The van der Waals surface area contributed by atoms with Gasteiger partial charge in [-0.05, 0) is 19.4 Å². The van der Waals surface area contributed by atoms with Gasteiger partial charge in [-0.1, -0.05) is 22.9 Å². The average molecular weight is 271 g/mol. The largest absolute Gasteiger partial charge is 0.459 e. The van der Waals surface area contributed by atoms with Crippen LogP contribution in [0.3, 0.4) is 0 Å². The molecule has 15 heavy (non-hydrogen) atoms. The Morgan fingerprint density at radius 2 is 2.27 bits per heavy atom. The van der Waals surface area contributed by atoms with Crippen molar-refractivity contribution in [2.75, 3.05) is 0 Å². The van der Waals surface area contributed by atoms with Gasteiger partial charge >= 0.3 is 0 Å². The highest BCUT2D eigenvalue weighted by atomic mass is 79.9. The normalized spacial score (nSPS) is 13.0. The highest BCUT2D eigenvalue weighted by Crippen LogP contribution is 2.29. The van der Waals surface area contributed by atoms with Crippen molar-refractivity contribution < 1.29 is 8.83 Å². The zero-order chi connectivity index (χ0) is 10.8. The Kier molecular flexibility index (Phi) is 2.90. The fraction of sp³-hybridized carbons (Fsp3) is 0.400. The van der Waals surface area contributed by atoms with Crippen molar-refractivity contribution in [3.05, 3.63) is 23.8 Å². The summed E-state index contributed by atoms with van der Waals surface area (Å²) in [6.45, 7) is 3.98. The number of halogens is 1. The third-order valence-corrected chi connectivity index (χ3v) is 3.16. The first-order chi connectivity index (χ1) is 7.22. The molecule has 5 heteroatoms. The molecule has 0 spiro atoms. The Hall–Kier alpha value is -1.10. The molecule has 2 heterocycles. The molecule has 1 atom stereocenters. The van der Waals surface area contributed by atoms with Gasteiger partial charge in [-0.25, -0.2) is 0 Å². The molecule has 0 aromatic carbocycles. The van der Waals surface area contributed by atoms with Crippen LogP contribution in [0.1, 0.15) is 29.6 Å². The fourth-order valence-corrected chi connectivity index (χ4v) is 1.40. The summed E-state index contributed by atoms with van der Waals surface area (Å²) in [5, 5.41) is 7.91. The molecule has 0 aliphatic carbocycles. The second-order valence-electron chi connectivity index (χ2n) is 3.25. The highest BCUT2D eigenvalue weighted by Gasteiger charge is 2.17. The SMILES string of the molecule is CCC(Br)c1nnc(-c2occc2C)o1. The minimum absolute atomic E-state index is 0.106. The summed E-state index contributed by atoms with van der Waals surface area (Å²) in [4.78, 5) is 0.106. The zero-order valence-corrected chi connectivity index (χ0v) is 10.1. The molecule has 80 valence electrons. The molecule has 2 rings (SSSR count). The number of rotatable bonds is 3. The first-order valence-electron chi connectivity index (χ1n) is 4.74. The summed E-state index contributed by atoms with van der Waals surface area (Å²) in [5.41, 5.74) is 0.993. The lowest BCUT2D eigenvalue weighted by Crippen LogP contribution is -1.86. The van der Waals surface area contributed by atoms with Crippen molar-refractivity contribution in [2.24, 2.45) is 0 Å². The van der Waals surface area contributed by atoms with Crippen LogP contribution in [0.25, 0.3) is 11.7 Å². The molecule has 0 aliphatic rings. The van der Waals surface area contributed by atoms with E-state index >= 15 is 0 Å². The monoisotopic (exact) mass is 270 g/mol. The van der Waals surface area contributed by atoms with E-state index in [2.05, 4.69) is 26.1 Å². The van der Waals surface area contributed by atoms with Crippen molar-refractivity contribution in [2.45, 2.75) is 25.1 Å². The lowest BCUT2D eigenvalue weighted by atomic mass is 10.3. The van der Waals surface area contributed by atoms with Crippen molar-refractivity contribution in [3.8, 4) is 11.7 Å². The second-order valence-corrected chi connectivity index (χ2v) is 4.36. The molecule has 2 aromatic rings. The minimum Gasteiger partial charge on any atom is -0.459 e. The van der Waals surface area contributed by atoms with Gasteiger partial charge in [-0.3, -0.25) is 0 Å². The number of hydrogen-bond donors (Lipinski definition) is 0. The smallest absolute Gasteiger partial charge is 0.283 e. The predicted molar refractivity (Wildman–Crippen MR) is 58.7 cm³/mol. The molecule has 0 radical (unpaired) electrons. The molecule has 0 bridgehead atoms. The maximum absolute atomic E-state index is 5.50. The molecule has 2 aromatic heterocycles.